The maximum absolute atomic E-state index is 10.00. The van der Waals surface area contributed by atoms with Crippen LogP contribution < -0.4 is 0 Å². The molecule has 0 bridgehead atoms. The third kappa shape index (κ3) is 1.75. The molecule has 1 saturated heterocycles. The van der Waals surface area contributed by atoms with E-state index >= 15 is 0 Å². The Labute approximate surface area is 54.4 Å². The Bertz CT molecular complexity index is 105. The van der Waals surface area contributed by atoms with Gasteiger partial charge in [-0.1, -0.05) is 5.18 Å². The van der Waals surface area contributed by atoms with Crippen molar-refractivity contribution in [1.29, 1.82) is 0 Å². The fraction of sp³-hybridized carbons (Fsp3) is 1.00. The fourth-order valence-corrected chi connectivity index (χ4v) is 1.07. The Morgan fingerprint density at radius 3 is 2.89 bits per heavy atom. The second-order valence-electron chi connectivity index (χ2n) is 2.47. The summed E-state index contributed by atoms with van der Waals surface area (Å²) in [4.78, 5) is 10.00. The van der Waals surface area contributed by atoms with Crippen molar-refractivity contribution in [2.75, 3.05) is 6.61 Å². The molecular formula is C6H11NO2. The second kappa shape index (κ2) is 2.92. The zero-order valence-corrected chi connectivity index (χ0v) is 5.54. The Morgan fingerprint density at radius 2 is 2.44 bits per heavy atom. The third-order valence-corrected chi connectivity index (χ3v) is 1.61. The van der Waals surface area contributed by atoms with Gasteiger partial charge in [-0.05, 0) is 19.8 Å². The van der Waals surface area contributed by atoms with Crippen molar-refractivity contribution in [2.24, 2.45) is 5.18 Å². The molecule has 0 aromatic heterocycles. The minimum atomic E-state index is 0.00810. The molecule has 1 aliphatic heterocycles. The van der Waals surface area contributed by atoms with Gasteiger partial charge in [-0.15, -0.1) is 0 Å². The Hall–Kier alpha value is -0.440. The van der Waals surface area contributed by atoms with Crippen LogP contribution in [-0.2, 0) is 4.74 Å². The molecule has 0 aromatic carbocycles. The molecule has 1 heterocycles. The summed E-state index contributed by atoms with van der Waals surface area (Å²) in [6.45, 7) is 2.66. The highest BCUT2D eigenvalue weighted by atomic mass is 16.5. The average Bonchev–Trinajstić information content (AvgIpc) is 1.88. The topological polar surface area (TPSA) is 38.7 Å². The van der Waals surface area contributed by atoms with E-state index in [1.807, 2.05) is 6.92 Å². The molecule has 3 heteroatoms. The number of hydrogen-bond donors (Lipinski definition) is 0. The van der Waals surface area contributed by atoms with Crippen LogP contribution in [0.25, 0.3) is 0 Å². The van der Waals surface area contributed by atoms with Crippen LogP contribution in [-0.4, -0.2) is 18.8 Å². The van der Waals surface area contributed by atoms with Crippen molar-refractivity contribution in [3.8, 4) is 0 Å². The monoisotopic (exact) mass is 129 g/mol. The number of rotatable bonds is 1. The van der Waals surface area contributed by atoms with E-state index in [-0.39, 0.29) is 12.1 Å². The van der Waals surface area contributed by atoms with Gasteiger partial charge in [0.1, 0.15) is 0 Å². The molecule has 0 aromatic rings. The van der Waals surface area contributed by atoms with Crippen LogP contribution >= 0.6 is 0 Å². The smallest absolute Gasteiger partial charge is 0.0966 e. The quantitative estimate of drug-likeness (QED) is 0.501. The lowest BCUT2D eigenvalue weighted by Gasteiger charge is -2.21. The Morgan fingerprint density at radius 1 is 1.67 bits per heavy atom. The summed E-state index contributed by atoms with van der Waals surface area (Å²) in [6, 6.07) is 0.00810. The molecule has 2 unspecified atom stereocenters. The first-order valence-corrected chi connectivity index (χ1v) is 3.27. The molecule has 1 aliphatic rings. The van der Waals surface area contributed by atoms with E-state index in [4.69, 9.17) is 4.74 Å². The molecule has 0 aliphatic carbocycles. The van der Waals surface area contributed by atoms with E-state index in [0.717, 1.165) is 12.8 Å². The standard InChI is InChI=1S/C6H11NO2/c1-5-4-6(7-8)2-3-9-5/h5-6H,2-4H2,1H3. The van der Waals surface area contributed by atoms with Gasteiger partial charge >= 0.3 is 0 Å². The summed E-state index contributed by atoms with van der Waals surface area (Å²) in [5.41, 5.74) is 0. The lowest BCUT2D eigenvalue weighted by molar-refractivity contribution is 0.0201. The Balaban J connectivity index is 2.31. The van der Waals surface area contributed by atoms with Crippen molar-refractivity contribution in [2.45, 2.75) is 31.9 Å². The van der Waals surface area contributed by atoms with E-state index in [1.165, 1.54) is 0 Å². The highest BCUT2D eigenvalue weighted by Gasteiger charge is 2.18. The molecular weight excluding hydrogens is 118 g/mol. The lowest BCUT2D eigenvalue weighted by atomic mass is 10.1. The molecule has 1 fully saturated rings. The van der Waals surface area contributed by atoms with Gasteiger partial charge < -0.3 is 4.74 Å². The molecule has 0 radical (unpaired) electrons. The summed E-state index contributed by atoms with van der Waals surface area (Å²) in [5, 5.41) is 2.97. The number of ether oxygens (including phenoxy) is 1. The highest BCUT2D eigenvalue weighted by Crippen LogP contribution is 2.15. The highest BCUT2D eigenvalue weighted by molar-refractivity contribution is 4.73. The number of nitroso groups, excluding NO2 is 1. The number of nitrogens with zero attached hydrogens (tertiary/aromatic N) is 1. The van der Waals surface area contributed by atoms with E-state index in [1.54, 1.807) is 0 Å². The summed E-state index contributed by atoms with van der Waals surface area (Å²) in [7, 11) is 0. The van der Waals surface area contributed by atoms with Crippen LogP contribution in [0.4, 0.5) is 0 Å². The van der Waals surface area contributed by atoms with Gasteiger partial charge in [0.2, 0.25) is 0 Å². The zero-order chi connectivity index (χ0) is 6.69. The van der Waals surface area contributed by atoms with Crippen molar-refractivity contribution < 1.29 is 4.74 Å². The normalized spacial score (nSPS) is 36.1. The molecule has 0 spiro atoms. The van der Waals surface area contributed by atoms with Gasteiger partial charge in [0.15, 0.2) is 0 Å². The maximum atomic E-state index is 10.00. The molecule has 0 amide bonds. The summed E-state index contributed by atoms with van der Waals surface area (Å²) < 4.78 is 5.21. The third-order valence-electron chi connectivity index (χ3n) is 1.61. The van der Waals surface area contributed by atoms with E-state index in [2.05, 4.69) is 5.18 Å². The minimum absolute atomic E-state index is 0.00810. The van der Waals surface area contributed by atoms with Crippen molar-refractivity contribution >= 4 is 0 Å². The fourth-order valence-electron chi connectivity index (χ4n) is 1.07. The zero-order valence-electron chi connectivity index (χ0n) is 5.54. The van der Waals surface area contributed by atoms with Crippen molar-refractivity contribution in [1.82, 2.24) is 0 Å². The van der Waals surface area contributed by atoms with Crippen LogP contribution in [0.5, 0.6) is 0 Å². The van der Waals surface area contributed by atoms with Gasteiger partial charge in [0, 0.05) is 6.61 Å². The molecule has 2 atom stereocenters. The van der Waals surface area contributed by atoms with Crippen LogP contribution in [0, 0.1) is 4.91 Å². The van der Waals surface area contributed by atoms with Gasteiger partial charge in [0.05, 0.1) is 12.1 Å². The first kappa shape index (κ1) is 6.68. The molecule has 3 nitrogen and oxygen atoms in total. The maximum Gasteiger partial charge on any atom is 0.0966 e. The van der Waals surface area contributed by atoms with Gasteiger partial charge in [-0.2, -0.15) is 4.91 Å². The minimum Gasteiger partial charge on any atom is -0.378 e. The molecule has 0 saturated carbocycles. The van der Waals surface area contributed by atoms with Gasteiger partial charge in [-0.3, -0.25) is 0 Å². The SMILES string of the molecule is CC1CC(N=O)CCO1. The lowest BCUT2D eigenvalue weighted by Crippen LogP contribution is -2.25. The van der Waals surface area contributed by atoms with Crippen molar-refractivity contribution in [3.63, 3.8) is 0 Å². The van der Waals surface area contributed by atoms with Crippen LogP contribution in [0.3, 0.4) is 0 Å². The Kier molecular flexibility index (Phi) is 2.16. The predicted molar refractivity (Wildman–Crippen MR) is 34.2 cm³/mol. The van der Waals surface area contributed by atoms with Crippen molar-refractivity contribution in [3.05, 3.63) is 4.91 Å². The summed E-state index contributed by atoms with van der Waals surface area (Å²) in [6.07, 6.45) is 1.82. The first-order chi connectivity index (χ1) is 4.33. The number of hydrogen-bond acceptors (Lipinski definition) is 3. The van der Waals surface area contributed by atoms with Gasteiger partial charge in [0.25, 0.3) is 0 Å². The summed E-state index contributed by atoms with van der Waals surface area (Å²) >= 11 is 0. The van der Waals surface area contributed by atoms with E-state index < -0.39 is 0 Å². The second-order valence-corrected chi connectivity index (χ2v) is 2.47. The molecule has 0 N–H and O–H groups in total. The largest absolute Gasteiger partial charge is 0.378 e. The summed E-state index contributed by atoms with van der Waals surface area (Å²) in [5.74, 6) is 0. The van der Waals surface area contributed by atoms with Crippen LogP contribution in [0.15, 0.2) is 5.18 Å². The molecule has 9 heavy (non-hydrogen) atoms. The van der Waals surface area contributed by atoms with E-state index in [0.29, 0.717) is 6.61 Å². The predicted octanol–water partition coefficient (Wildman–Crippen LogP) is 1.32. The molecule has 1 rings (SSSR count). The van der Waals surface area contributed by atoms with Crippen LogP contribution in [0.2, 0.25) is 0 Å². The van der Waals surface area contributed by atoms with Crippen LogP contribution in [0.1, 0.15) is 19.8 Å². The van der Waals surface area contributed by atoms with E-state index in [9.17, 15) is 4.91 Å². The molecule has 52 valence electrons. The first-order valence-electron chi connectivity index (χ1n) is 3.27. The van der Waals surface area contributed by atoms with Gasteiger partial charge in [-0.25, -0.2) is 0 Å². The average molecular weight is 129 g/mol.